The Balaban J connectivity index is 3.13. The SMILES string of the molecule is CC(C)(C)c1nc(C(O)(O)C(F)(F)F)co1. The van der Waals surface area contributed by atoms with Crippen LogP contribution in [0.5, 0.6) is 0 Å². The van der Waals surface area contributed by atoms with Crippen LogP contribution in [0.25, 0.3) is 0 Å². The number of nitrogens with zero attached hydrogens (tertiary/aromatic N) is 1. The van der Waals surface area contributed by atoms with Crippen LogP contribution in [0.2, 0.25) is 0 Å². The molecule has 0 aliphatic rings. The van der Waals surface area contributed by atoms with E-state index in [4.69, 9.17) is 14.6 Å². The Hall–Kier alpha value is -1.08. The summed E-state index contributed by atoms with van der Waals surface area (Å²) in [5, 5.41) is 17.8. The summed E-state index contributed by atoms with van der Waals surface area (Å²) in [6.45, 7) is 5.02. The highest BCUT2D eigenvalue weighted by Crippen LogP contribution is 2.36. The summed E-state index contributed by atoms with van der Waals surface area (Å²) in [6.07, 6.45) is -4.63. The molecule has 0 saturated heterocycles. The van der Waals surface area contributed by atoms with Gasteiger partial charge >= 0.3 is 12.0 Å². The minimum absolute atomic E-state index is 0.000718. The van der Waals surface area contributed by atoms with Gasteiger partial charge in [-0.15, -0.1) is 0 Å². The second-order valence-corrected chi connectivity index (χ2v) is 4.46. The van der Waals surface area contributed by atoms with Gasteiger partial charge in [-0.05, 0) is 0 Å². The molecule has 0 aromatic carbocycles. The number of oxazole rings is 1. The smallest absolute Gasteiger partial charge is 0.448 e. The lowest BCUT2D eigenvalue weighted by molar-refractivity contribution is -0.360. The van der Waals surface area contributed by atoms with Crippen molar-refractivity contribution in [1.82, 2.24) is 4.98 Å². The summed E-state index contributed by atoms with van der Waals surface area (Å²) in [5.41, 5.74) is -1.58. The van der Waals surface area contributed by atoms with Crippen LogP contribution >= 0.6 is 0 Å². The molecular formula is C9H12F3NO3. The van der Waals surface area contributed by atoms with Gasteiger partial charge in [0.05, 0.1) is 0 Å². The average Bonchev–Trinajstić information content (AvgIpc) is 2.47. The van der Waals surface area contributed by atoms with Crippen molar-refractivity contribution >= 4 is 0 Å². The predicted molar refractivity (Wildman–Crippen MR) is 47.4 cm³/mol. The summed E-state index contributed by atoms with van der Waals surface area (Å²) >= 11 is 0. The van der Waals surface area contributed by atoms with E-state index < -0.39 is 23.1 Å². The minimum atomic E-state index is -5.22. The number of alkyl halides is 3. The van der Waals surface area contributed by atoms with Crippen molar-refractivity contribution in [2.24, 2.45) is 0 Å². The molecule has 0 radical (unpaired) electrons. The van der Waals surface area contributed by atoms with Crippen molar-refractivity contribution in [3.05, 3.63) is 17.8 Å². The normalized spacial score (nSPS) is 14.2. The molecule has 1 rings (SSSR count). The third-order valence-electron chi connectivity index (χ3n) is 1.90. The van der Waals surface area contributed by atoms with Gasteiger partial charge in [0.15, 0.2) is 5.89 Å². The Bertz CT molecular complexity index is 376. The molecule has 1 aromatic rings. The second kappa shape index (κ2) is 3.46. The first-order valence-corrected chi connectivity index (χ1v) is 4.44. The first-order chi connectivity index (χ1) is 6.96. The Morgan fingerprint density at radius 3 is 2.00 bits per heavy atom. The van der Waals surface area contributed by atoms with Crippen molar-refractivity contribution in [3.63, 3.8) is 0 Å². The summed E-state index contributed by atoms with van der Waals surface area (Å²) in [5.74, 6) is -3.99. The van der Waals surface area contributed by atoms with Crippen LogP contribution in [0.1, 0.15) is 32.4 Å². The Kier molecular flexibility index (Phi) is 2.81. The van der Waals surface area contributed by atoms with Crippen LogP contribution in [0.4, 0.5) is 13.2 Å². The summed E-state index contributed by atoms with van der Waals surface area (Å²) in [6, 6.07) is 0. The van der Waals surface area contributed by atoms with Gasteiger partial charge < -0.3 is 14.6 Å². The van der Waals surface area contributed by atoms with Gasteiger partial charge in [0, 0.05) is 5.41 Å². The van der Waals surface area contributed by atoms with E-state index in [9.17, 15) is 13.2 Å². The molecular weight excluding hydrogens is 227 g/mol. The average molecular weight is 239 g/mol. The highest BCUT2D eigenvalue weighted by atomic mass is 19.4. The molecule has 7 heteroatoms. The molecule has 16 heavy (non-hydrogen) atoms. The van der Waals surface area contributed by atoms with E-state index in [0.29, 0.717) is 6.26 Å². The van der Waals surface area contributed by atoms with Crippen molar-refractivity contribution in [1.29, 1.82) is 0 Å². The van der Waals surface area contributed by atoms with E-state index in [-0.39, 0.29) is 5.89 Å². The van der Waals surface area contributed by atoms with Crippen LogP contribution in [-0.2, 0) is 11.2 Å². The van der Waals surface area contributed by atoms with E-state index >= 15 is 0 Å². The Morgan fingerprint density at radius 2 is 1.69 bits per heavy atom. The van der Waals surface area contributed by atoms with Gasteiger partial charge in [0.1, 0.15) is 12.0 Å². The number of hydrogen-bond donors (Lipinski definition) is 2. The van der Waals surface area contributed by atoms with Gasteiger partial charge in [-0.1, -0.05) is 20.8 Å². The molecule has 4 nitrogen and oxygen atoms in total. The highest BCUT2D eigenvalue weighted by molar-refractivity contribution is 5.10. The zero-order valence-electron chi connectivity index (χ0n) is 8.96. The molecule has 0 saturated carbocycles. The lowest BCUT2D eigenvalue weighted by atomic mass is 9.97. The third kappa shape index (κ3) is 2.19. The molecule has 1 heterocycles. The molecule has 92 valence electrons. The maximum absolute atomic E-state index is 12.2. The van der Waals surface area contributed by atoms with E-state index in [1.165, 1.54) is 0 Å². The number of aliphatic hydroxyl groups is 2. The molecule has 0 aliphatic heterocycles. The quantitative estimate of drug-likeness (QED) is 0.731. The van der Waals surface area contributed by atoms with Crippen LogP contribution in [-0.4, -0.2) is 21.4 Å². The van der Waals surface area contributed by atoms with Crippen molar-refractivity contribution in [2.45, 2.75) is 38.1 Å². The largest absolute Gasteiger partial charge is 0.449 e. The number of rotatable bonds is 1. The van der Waals surface area contributed by atoms with Gasteiger partial charge in [-0.25, -0.2) is 4.98 Å². The van der Waals surface area contributed by atoms with Crippen molar-refractivity contribution < 1.29 is 27.8 Å². The molecule has 2 N–H and O–H groups in total. The van der Waals surface area contributed by atoms with Crippen molar-refractivity contribution in [2.75, 3.05) is 0 Å². The highest BCUT2D eigenvalue weighted by Gasteiger charge is 2.56. The van der Waals surface area contributed by atoms with Gasteiger partial charge in [0.25, 0.3) is 0 Å². The fourth-order valence-corrected chi connectivity index (χ4v) is 0.924. The fraction of sp³-hybridized carbons (Fsp3) is 0.667. The lowest BCUT2D eigenvalue weighted by Crippen LogP contribution is -2.42. The molecule has 0 spiro atoms. The molecule has 0 unspecified atom stereocenters. The molecule has 0 atom stereocenters. The number of hydrogen-bond acceptors (Lipinski definition) is 4. The molecule has 0 fully saturated rings. The summed E-state index contributed by atoms with van der Waals surface area (Å²) < 4.78 is 41.5. The fourth-order valence-electron chi connectivity index (χ4n) is 0.924. The van der Waals surface area contributed by atoms with Gasteiger partial charge in [-0.3, -0.25) is 0 Å². The van der Waals surface area contributed by atoms with Crippen LogP contribution in [0.15, 0.2) is 10.7 Å². The van der Waals surface area contributed by atoms with Gasteiger partial charge in [0.2, 0.25) is 0 Å². The summed E-state index contributed by atoms with van der Waals surface area (Å²) in [4.78, 5) is 3.43. The summed E-state index contributed by atoms with van der Waals surface area (Å²) in [7, 11) is 0. The van der Waals surface area contributed by atoms with Crippen LogP contribution in [0.3, 0.4) is 0 Å². The lowest BCUT2D eigenvalue weighted by Gasteiger charge is -2.21. The zero-order chi connectivity index (χ0) is 12.8. The monoisotopic (exact) mass is 239 g/mol. The van der Waals surface area contributed by atoms with E-state index in [0.717, 1.165) is 0 Å². The molecule has 0 bridgehead atoms. The number of halogens is 3. The van der Waals surface area contributed by atoms with E-state index in [1.54, 1.807) is 20.8 Å². The topological polar surface area (TPSA) is 66.5 Å². The predicted octanol–water partition coefficient (Wildman–Crippen LogP) is 1.67. The standard InChI is InChI=1S/C9H12F3NO3/c1-7(2,3)6-13-5(4-16-6)8(14,15)9(10,11)12/h4,14-15H,1-3H3. The van der Waals surface area contributed by atoms with Crippen molar-refractivity contribution in [3.8, 4) is 0 Å². The minimum Gasteiger partial charge on any atom is -0.448 e. The molecule has 1 aromatic heterocycles. The molecule has 0 aliphatic carbocycles. The second-order valence-electron chi connectivity index (χ2n) is 4.46. The van der Waals surface area contributed by atoms with Gasteiger partial charge in [-0.2, -0.15) is 13.2 Å². The van der Waals surface area contributed by atoms with Crippen LogP contribution < -0.4 is 0 Å². The maximum Gasteiger partial charge on any atom is 0.449 e. The molecule has 0 amide bonds. The van der Waals surface area contributed by atoms with E-state index in [2.05, 4.69) is 4.98 Å². The Morgan fingerprint density at radius 1 is 1.19 bits per heavy atom. The first kappa shape index (κ1) is 13.0. The van der Waals surface area contributed by atoms with Crippen LogP contribution in [0, 0.1) is 0 Å². The van der Waals surface area contributed by atoms with E-state index in [1.807, 2.05) is 0 Å². The third-order valence-corrected chi connectivity index (χ3v) is 1.90. The Labute approximate surface area is 89.7 Å². The first-order valence-electron chi connectivity index (χ1n) is 4.44. The number of aromatic nitrogens is 1. The maximum atomic E-state index is 12.2. The zero-order valence-corrected chi connectivity index (χ0v) is 8.96.